The van der Waals surface area contributed by atoms with Gasteiger partial charge in [0, 0.05) is 47.1 Å². The molecule has 2 heterocycles. The molecule has 0 spiro atoms. The third kappa shape index (κ3) is 10.4. The SMILES string of the molecule is CC[C@@H](NC(C)C)[C@@H](O)c1ccc(O)c2[nH]c(=O)ccc12.CC[C@@H](NC(C)C)[C@@H](O)c1ccc(O)c2[nH]c(=O)ccc12.Cl.Cl.O. The number of pyridine rings is 2. The molecule has 0 unspecified atom stereocenters. The molecule has 0 radical (unpaired) electrons. The number of rotatable bonds is 10. The van der Waals surface area contributed by atoms with Gasteiger partial charge in [-0.05, 0) is 48.2 Å². The van der Waals surface area contributed by atoms with Crippen LogP contribution in [0.2, 0.25) is 0 Å². The smallest absolute Gasteiger partial charge is 0.248 e. The minimum atomic E-state index is -0.716. The number of phenolic OH excluding ortho intramolecular Hbond substituents is 2. The highest BCUT2D eigenvalue weighted by Gasteiger charge is 2.23. The largest absolute Gasteiger partial charge is 0.506 e. The maximum atomic E-state index is 11.4. The number of aliphatic hydroxyl groups is 2. The van der Waals surface area contributed by atoms with E-state index in [2.05, 4.69) is 20.6 Å². The molecule has 13 heteroatoms. The highest BCUT2D eigenvalue weighted by atomic mass is 35.5. The molecule has 4 aromatic rings. The van der Waals surface area contributed by atoms with Crippen molar-refractivity contribution in [3.8, 4) is 11.5 Å². The molecule has 0 aliphatic rings. The first-order valence-electron chi connectivity index (χ1n) is 14.5. The van der Waals surface area contributed by atoms with Gasteiger partial charge in [0.1, 0.15) is 11.5 Å². The molecule has 2 aromatic carbocycles. The summed E-state index contributed by atoms with van der Waals surface area (Å²) in [6, 6.07) is 12.8. The van der Waals surface area contributed by atoms with Gasteiger partial charge in [0.2, 0.25) is 11.1 Å². The maximum absolute atomic E-state index is 11.4. The number of aliphatic hydroxyl groups excluding tert-OH is 2. The zero-order valence-electron chi connectivity index (χ0n) is 26.4. The van der Waals surface area contributed by atoms with Crippen LogP contribution < -0.4 is 21.8 Å². The van der Waals surface area contributed by atoms with Crippen LogP contribution in [0.15, 0.2) is 58.1 Å². The standard InChI is InChI=1S/2C16H22N2O3.2ClH.H2O/c2*1-4-12(17-9(2)3)16(21)11-5-7-13(19)15-10(11)6-8-14(20)18-15;;;/h2*5-9,12,16-17,19,21H,4H2,1-3H3,(H,18,20);2*1H;1H2/t2*12-,16+;;;/m11.../s1. The Morgan fingerprint density at radius 2 is 0.956 bits per heavy atom. The Kier molecular flexibility index (Phi) is 17.4. The molecule has 252 valence electrons. The predicted octanol–water partition coefficient (Wildman–Crippen LogP) is 4.11. The lowest BCUT2D eigenvalue weighted by atomic mass is 9.95. The van der Waals surface area contributed by atoms with Crippen molar-refractivity contribution < 1.29 is 25.9 Å². The summed E-state index contributed by atoms with van der Waals surface area (Å²) in [4.78, 5) is 28.0. The van der Waals surface area contributed by atoms with E-state index in [0.717, 1.165) is 12.8 Å². The van der Waals surface area contributed by atoms with E-state index in [1.54, 1.807) is 24.3 Å². The van der Waals surface area contributed by atoms with Gasteiger partial charge in [0.05, 0.1) is 23.2 Å². The molecule has 0 amide bonds. The highest BCUT2D eigenvalue weighted by molar-refractivity contribution is 5.88. The topological polar surface area (TPSA) is 202 Å². The molecule has 4 atom stereocenters. The second-order valence-corrected chi connectivity index (χ2v) is 11.1. The summed E-state index contributed by atoms with van der Waals surface area (Å²) < 4.78 is 0. The van der Waals surface area contributed by atoms with Crippen LogP contribution in [-0.2, 0) is 0 Å². The van der Waals surface area contributed by atoms with Crippen LogP contribution in [0.3, 0.4) is 0 Å². The van der Waals surface area contributed by atoms with Gasteiger partial charge in [-0.2, -0.15) is 0 Å². The van der Waals surface area contributed by atoms with Crippen molar-refractivity contribution in [2.45, 2.75) is 90.8 Å². The van der Waals surface area contributed by atoms with E-state index in [9.17, 15) is 30.0 Å². The van der Waals surface area contributed by atoms with Crippen LogP contribution in [0.4, 0.5) is 0 Å². The van der Waals surface area contributed by atoms with Gasteiger partial charge in [0.15, 0.2) is 0 Å². The number of benzene rings is 2. The predicted molar refractivity (Wildman–Crippen MR) is 185 cm³/mol. The van der Waals surface area contributed by atoms with Crippen molar-refractivity contribution in [1.82, 2.24) is 20.6 Å². The summed E-state index contributed by atoms with van der Waals surface area (Å²) in [5.74, 6) is 0.00651. The lowest BCUT2D eigenvalue weighted by Crippen LogP contribution is -2.39. The number of halogens is 2. The lowest BCUT2D eigenvalue weighted by Gasteiger charge is -2.26. The molecule has 45 heavy (non-hydrogen) atoms. The first kappa shape index (κ1) is 41.8. The summed E-state index contributed by atoms with van der Waals surface area (Å²) in [5, 5.41) is 49.0. The number of fused-ring (bicyclic) bond motifs is 2. The summed E-state index contributed by atoms with van der Waals surface area (Å²) in [6.07, 6.45) is 0.105. The molecular weight excluding hydrogens is 623 g/mol. The zero-order chi connectivity index (χ0) is 31.1. The molecule has 4 rings (SSSR count). The fourth-order valence-corrected chi connectivity index (χ4v) is 5.19. The monoisotopic (exact) mass is 670 g/mol. The third-order valence-electron chi connectivity index (χ3n) is 7.19. The van der Waals surface area contributed by atoms with Crippen molar-refractivity contribution in [3.63, 3.8) is 0 Å². The Morgan fingerprint density at radius 3 is 1.24 bits per heavy atom. The second kappa shape index (κ2) is 18.7. The average Bonchev–Trinajstić information content (AvgIpc) is 2.95. The van der Waals surface area contributed by atoms with Crippen LogP contribution in [0.1, 0.15) is 77.7 Å². The number of aromatic hydroxyl groups is 2. The van der Waals surface area contributed by atoms with Gasteiger partial charge in [0.25, 0.3) is 0 Å². The van der Waals surface area contributed by atoms with Crippen LogP contribution >= 0.6 is 24.8 Å². The van der Waals surface area contributed by atoms with Gasteiger partial charge in [-0.15, -0.1) is 24.8 Å². The van der Waals surface area contributed by atoms with Gasteiger partial charge >= 0.3 is 0 Å². The summed E-state index contributed by atoms with van der Waals surface area (Å²) in [7, 11) is 0. The van der Waals surface area contributed by atoms with Crippen molar-refractivity contribution >= 4 is 46.6 Å². The van der Waals surface area contributed by atoms with Crippen LogP contribution in [0.25, 0.3) is 21.8 Å². The average molecular weight is 672 g/mol. The molecule has 0 saturated heterocycles. The number of phenols is 2. The van der Waals surface area contributed by atoms with Gasteiger partial charge in [-0.3, -0.25) is 9.59 Å². The number of aromatic amines is 2. The molecule has 11 nitrogen and oxygen atoms in total. The molecule has 0 aliphatic carbocycles. The van der Waals surface area contributed by atoms with E-state index in [1.165, 1.54) is 24.3 Å². The number of nitrogens with one attached hydrogen (secondary N) is 4. The van der Waals surface area contributed by atoms with E-state index < -0.39 is 12.2 Å². The normalized spacial score (nSPS) is 13.6. The minimum absolute atomic E-state index is 0. The first-order valence-corrected chi connectivity index (χ1v) is 14.5. The van der Waals surface area contributed by atoms with E-state index in [1.807, 2.05) is 41.5 Å². The molecule has 0 saturated carbocycles. The van der Waals surface area contributed by atoms with Crippen molar-refractivity contribution in [2.24, 2.45) is 0 Å². The van der Waals surface area contributed by atoms with Gasteiger partial charge in [-0.25, -0.2) is 0 Å². The Labute approximate surface area is 275 Å². The fraction of sp³-hybridized carbons (Fsp3) is 0.438. The number of hydrogen-bond acceptors (Lipinski definition) is 8. The van der Waals surface area contributed by atoms with Crippen LogP contribution in [0, 0.1) is 0 Å². The van der Waals surface area contributed by atoms with Crippen molar-refractivity contribution in [3.05, 3.63) is 80.4 Å². The lowest BCUT2D eigenvalue weighted by molar-refractivity contribution is 0.122. The van der Waals surface area contributed by atoms with Crippen LogP contribution in [-0.4, -0.2) is 60.0 Å². The Morgan fingerprint density at radius 1 is 0.622 bits per heavy atom. The summed E-state index contributed by atoms with van der Waals surface area (Å²) in [5.41, 5.74) is 1.54. The third-order valence-corrected chi connectivity index (χ3v) is 7.19. The molecule has 2 aromatic heterocycles. The molecular formula is C32H48Cl2N4O7. The van der Waals surface area contributed by atoms with Gasteiger partial charge in [-0.1, -0.05) is 53.7 Å². The fourth-order valence-electron chi connectivity index (χ4n) is 5.19. The quantitative estimate of drug-likeness (QED) is 0.123. The highest BCUT2D eigenvalue weighted by Crippen LogP contribution is 2.32. The van der Waals surface area contributed by atoms with E-state index in [-0.39, 0.29) is 77.1 Å². The second-order valence-electron chi connectivity index (χ2n) is 11.1. The zero-order valence-corrected chi connectivity index (χ0v) is 28.1. The van der Waals surface area contributed by atoms with E-state index >= 15 is 0 Å². The van der Waals surface area contributed by atoms with Crippen molar-refractivity contribution in [1.29, 1.82) is 0 Å². The molecule has 0 aliphatic heterocycles. The molecule has 0 fully saturated rings. The number of aromatic nitrogens is 2. The summed E-state index contributed by atoms with van der Waals surface area (Å²) in [6.45, 7) is 12.1. The summed E-state index contributed by atoms with van der Waals surface area (Å²) >= 11 is 0. The molecule has 0 bridgehead atoms. The number of hydrogen-bond donors (Lipinski definition) is 8. The van der Waals surface area contributed by atoms with E-state index in [0.29, 0.717) is 32.9 Å². The number of H-pyrrole nitrogens is 2. The minimum Gasteiger partial charge on any atom is -0.506 e. The Hall–Kier alpha value is -3.16. The van der Waals surface area contributed by atoms with E-state index in [4.69, 9.17) is 0 Å². The van der Waals surface area contributed by atoms with Crippen molar-refractivity contribution in [2.75, 3.05) is 0 Å². The Balaban J connectivity index is 0.000000807. The Bertz CT molecular complexity index is 1490. The maximum Gasteiger partial charge on any atom is 0.248 e. The van der Waals surface area contributed by atoms with Gasteiger partial charge < -0.3 is 46.5 Å². The van der Waals surface area contributed by atoms with Crippen LogP contribution in [0.5, 0.6) is 11.5 Å². The first-order chi connectivity index (χ1) is 19.9. The molecule has 10 N–H and O–H groups in total.